The molecule has 172 valence electrons. The fraction of sp³-hybridized carbons (Fsp3) is 0.214. The summed E-state index contributed by atoms with van der Waals surface area (Å²) in [5.74, 6) is 0.848. The van der Waals surface area contributed by atoms with E-state index in [1.54, 1.807) is 18.3 Å². The molecular formula is C28H23N5O2. The lowest BCUT2D eigenvalue weighted by molar-refractivity contribution is -0.384. The Bertz CT molecular complexity index is 1640. The van der Waals surface area contributed by atoms with E-state index in [9.17, 15) is 15.4 Å². The number of hydrogen-bond donors (Lipinski definition) is 1. The van der Waals surface area contributed by atoms with Gasteiger partial charge < -0.3 is 5.32 Å². The third kappa shape index (κ3) is 3.46. The molecular weight excluding hydrogens is 438 g/mol. The van der Waals surface area contributed by atoms with Gasteiger partial charge in [0.05, 0.1) is 27.0 Å². The Hall–Kier alpha value is -4.44. The van der Waals surface area contributed by atoms with E-state index in [4.69, 9.17) is 4.98 Å². The first-order valence-electron chi connectivity index (χ1n) is 11.9. The molecule has 5 aromatic rings. The molecule has 0 atom stereocenters. The number of anilines is 1. The zero-order valence-corrected chi connectivity index (χ0v) is 19.1. The average Bonchev–Trinajstić information content (AvgIpc) is 3.22. The number of pyridine rings is 2. The summed E-state index contributed by atoms with van der Waals surface area (Å²) in [4.78, 5) is 15.5. The molecule has 0 spiro atoms. The molecule has 0 radical (unpaired) electrons. The van der Waals surface area contributed by atoms with Gasteiger partial charge >= 0.3 is 0 Å². The maximum absolute atomic E-state index is 11.2. The van der Waals surface area contributed by atoms with Gasteiger partial charge in [-0.3, -0.25) is 19.5 Å². The van der Waals surface area contributed by atoms with Gasteiger partial charge in [-0.1, -0.05) is 43.5 Å². The molecule has 3 heterocycles. The van der Waals surface area contributed by atoms with Crippen LogP contribution in [0.3, 0.4) is 0 Å². The van der Waals surface area contributed by atoms with Crippen LogP contribution in [0.5, 0.6) is 0 Å². The minimum absolute atomic E-state index is 0.0263. The molecule has 0 amide bonds. The second-order valence-electron chi connectivity index (χ2n) is 9.13. The number of non-ortho nitro benzene ring substituents is 1. The number of benzene rings is 2. The number of nitro groups is 1. The minimum atomic E-state index is -0.405. The SMILES string of the molecule is N#Cc1c(-c2ccc([N+](=O)[O-])cc2)c(NC2CCCCC2)n2c1ccc1ccc3cccnc3c12. The van der Waals surface area contributed by atoms with Crippen molar-refractivity contribution in [3.63, 3.8) is 0 Å². The lowest BCUT2D eigenvalue weighted by Gasteiger charge is -2.25. The first-order chi connectivity index (χ1) is 17.2. The van der Waals surface area contributed by atoms with Crippen molar-refractivity contribution >= 4 is 38.8 Å². The molecule has 1 fully saturated rings. The quantitative estimate of drug-likeness (QED) is 0.180. The summed E-state index contributed by atoms with van der Waals surface area (Å²) < 4.78 is 2.13. The van der Waals surface area contributed by atoms with Gasteiger partial charge in [0, 0.05) is 40.7 Å². The van der Waals surface area contributed by atoms with E-state index in [1.165, 1.54) is 31.4 Å². The zero-order chi connectivity index (χ0) is 23.9. The summed E-state index contributed by atoms with van der Waals surface area (Å²) >= 11 is 0. The molecule has 0 unspecified atom stereocenters. The van der Waals surface area contributed by atoms with Gasteiger partial charge in [0.1, 0.15) is 11.9 Å². The lowest BCUT2D eigenvalue weighted by atomic mass is 9.95. The van der Waals surface area contributed by atoms with Crippen molar-refractivity contribution in [3.05, 3.63) is 82.5 Å². The van der Waals surface area contributed by atoms with E-state index >= 15 is 0 Å². The average molecular weight is 462 g/mol. The number of hydrogen-bond acceptors (Lipinski definition) is 5. The summed E-state index contributed by atoms with van der Waals surface area (Å²) in [6, 6.07) is 21.3. The highest BCUT2D eigenvalue weighted by atomic mass is 16.6. The Morgan fingerprint density at radius 2 is 1.74 bits per heavy atom. The number of nitrogens with zero attached hydrogens (tertiary/aromatic N) is 4. The first kappa shape index (κ1) is 21.1. The van der Waals surface area contributed by atoms with Crippen LogP contribution in [0.15, 0.2) is 66.9 Å². The summed E-state index contributed by atoms with van der Waals surface area (Å²) in [5.41, 5.74) is 4.74. The smallest absolute Gasteiger partial charge is 0.269 e. The highest BCUT2D eigenvalue weighted by Gasteiger charge is 2.25. The normalized spacial score (nSPS) is 14.4. The molecule has 35 heavy (non-hydrogen) atoms. The molecule has 7 nitrogen and oxygen atoms in total. The molecule has 6 rings (SSSR count). The van der Waals surface area contributed by atoms with E-state index in [0.29, 0.717) is 11.6 Å². The van der Waals surface area contributed by atoms with Crippen LogP contribution in [-0.4, -0.2) is 20.3 Å². The summed E-state index contributed by atoms with van der Waals surface area (Å²) in [6.07, 6.45) is 7.51. The van der Waals surface area contributed by atoms with Crippen LogP contribution < -0.4 is 5.32 Å². The van der Waals surface area contributed by atoms with Crippen LogP contribution in [0.1, 0.15) is 37.7 Å². The summed E-state index contributed by atoms with van der Waals surface area (Å²) in [5, 5.41) is 27.4. The summed E-state index contributed by atoms with van der Waals surface area (Å²) in [7, 11) is 0. The van der Waals surface area contributed by atoms with Gasteiger partial charge in [0.25, 0.3) is 5.69 Å². The third-order valence-electron chi connectivity index (χ3n) is 7.06. The predicted octanol–water partition coefficient (Wildman–Crippen LogP) is 6.83. The van der Waals surface area contributed by atoms with E-state index in [0.717, 1.165) is 57.1 Å². The number of nitro benzene ring substituents is 1. The van der Waals surface area contributed by atoms with E-state index in [1.807, 2.05) is 24.3 Å². The van der Waals surface area contributed by atoms with Crippen LogP contribution in [0.4, 0.5) is 11.5 Å². The van der Waals surface area contributed by atoms with Gasteiger partial charge in [-0.15, -0.1) is 0 Å². The molecule has 0 bridgehead atoms. The van der Waals surface area contributed by atoms with Crippen LogP contribution in [0, 0.1) is 21.4 Å². The molecule has 1 N–H and O–H groups in total. The van der Waals surface area contributed by atoms with Crippen molar-refractivity contribution in [1.29, 1.82) is 5.26 Å². The molecule has 3 aromatic heterocycles. The second kappa shape index (κ2) is 8.41. The van der Waals surface area contributed by atoms with Crippen molar-refractivity contribution in [2.75, 3.05) is 5.32 Å². The van der Waals surface area contributed by atoms with Crippen LogP contribution in [0.2, 0.25) is 0 Å². The minimum Gasteiger partial charge on any atom is -0.368 e. The molecule has 7 heteroatoms. The van der Waals surface area contributed by atoms with Gasteiger partial charge in [0.2, 0.25) is 0 Å². The highest BCUT2D eigenvalue weighted by Crippen LogP contribution is 2.41. The second-order valence-corrected chi connectivity index (χ2v) is 9.13. The van der Waals surface area contributed by atoms with Crippen LogP contribution >= 0.6 is 0 Å². The van der Waals surface area contributed by atoms with Crippen molar-refractivity contribution in [2.45, 2.75) is 38.1 Å². The van der Waals surface area contributed by atoms with Gasteiger partial charge in [0.15, 0.2) is 0 Å². The van der Waals surface area contributed by atoms with E-state index in [-0.39, 0.29) is 5.69 Å². The Labute approximate surface area is 201 Å². The monoisotopic (exact) mass is 461 g/mol. The lowest BCUT2D eigenvalue weighted by Crippen LogP contribution is -2.23. The topological polar surface area (TPSA) is 96.3 Å². The van der Waals surface area contributed by atoms with E-state index in [2.05, 4.69) is 27.9 Å². The Morgan fingerprint density at radius 1 is 1.00 bits per heavy atom. The van der Waals surface area contributed by atoms with Crippen molar-refractivity contribution in [2.24, 2.45) is 0 Å². The first-order valence-corrected chi connectivity index (χ1v) is 11.9. The van der Waals surface area contributed by atoms with Gasteiger partial charge in [-0.05, 0) is 42.7 Å². The Balaban J connectivity index is 1.71. The third-order valence-corrected chi connectivity index (χ3v) is 7.06. The fourth-order valence-electron chi connectivity index (χ4n) is 5.39. The molecule has 0 aliphatic heterocycles. The van der Waals surface area contributed by atoms with Crippen molar-refractivity contribution < 1.29 is 4.92 Å². The van der Waals surface area contributed by atoms with Crippen LogP contribution in [-0.2, 0) is 0 Å². The number of rotatable bonds is 4. The van der Waals surface area contributed by atoms with Gasteiger partial charge in [-0.2, -0.15) is 5.26 Å². The Kier molecular flexibility index (Phi) is 5.07. The molecule has 2 aromatic carbocycles. The number of nitrogens with one attached hydrogen (secondary N) is 1. The number of aromatic nitrogens is 2. The van der Waals surface area contributed by atoms with Crippen molar-refractivity contribution in [1.82, 2.24) is 9.38 Å². The predicted molar refractivity (Wildman–Crippen MR) is 138 cm³/mol. The standard InChI is InChI=1S/C28H23N5O2/c29-17-23-24-15-12-20-9-8-19-5-4-16-30-26(19)27(20)32(24)28(31-21-6-2-1-3-7-21)25(23)18-10-13-22(14-11-18)33(34)35/h4-5,8-16,21,31H,1-3,6-7H2. The van der Waals surface area contributed by atoms with Crippen LogP contribution in [0.25, 0.3) is 38.4 Å². The molecule has 1 saturated carbocycles. The zero-order valence-electron chi connectivity index (χ0n) is 19.1. The van der Waals surface area contributed by atoms with Crippen molar-refractivity contribution in [3.8, 4) is 17.2 Å². The summed E-state index contributed by atoms with van der Waals surface area (Å²) in [6.45, 7) is 0. The highest BCUT2D eigenvalue weighted by molar-refractivity contribution is 6.07. The molecule has 1 aliphatic carbocycles. The fourth-order valence-corrected chi connectivity index (χ4v) is 5.39. The van der Waals surface area contributed by atoms with Gasteiger partial charge in [-0.25, -0.2) is 0 Å². The van der Waals surface area contributed by atoms with E-state index < -0.39 is 4.92 Å². The number of fused-ring (bicyclic) bond motifs is 5. The molecule has 1 aliphatic rings. The molecule has 0 saturated heterocycles. The Morgan fingerprint density at radius 3 is 2.49 bits per heavy atom. The number of nitriles is 1. The maximum Gasteiger partial charge on any atom is 0.269 e. The largest absolute Gasteiger partial charge is 0.368 e. The maximum atomic E-state index is 11.2.